The van der Waals surface area contributed by atoms with Crippen molar-refractivity contribution in [3.8, 4) is 5.95 Å². The van der Waals surface area contributed by atoms with Gasteiger partial charge in [-0.15, -0.1) is 0 Å². The Bertz CT molecular complexity index is 721. The summed E-state index contributed by atoms with van der Waals surface area (Å²) in [6.07, 6.45) is 7.50. The van der Waals surface area contributed by atoms with Crippen molar-refractivity contribution in [2.24, 2.45) is 0 Å². The fourth-order valence-corrected chi connectivity index (χ4v) is 1.68. The van der Waals surface area contributed by atoms with Gasteiger partial charge in [-0.25, -0.2) is 19.4 Å². The highest BCUT2D eigenvalue weighted by molar-refractivity contribution is 5.88. The SMILES string of the molecule is O=C(O)c1cn(-c2ncccn2)nc1Cn1nccn1. The Hall–Kier alpha value is -3.10. The molecular formula is C11H9N7O2. The highest BCUT2D eigenvalue weighted by atomic mass is 16.4. The first-order chi connectivity index (χ1) is 9.74. The Morgan fingerprint density at radius 2 is 1.85 bits per heavy atom. The minimum absolute atomic E-state index is 0.0646. The lowest BCUT2D eigenvalue weighted by atomic mass is 10.2. The predicted molar refractivity (Wildman–Crippen MR) is 65.2 cm³/mol. The van der Waals surface area contributed by atoms with Crippen LogP contribution in [0.1, 0.15) is 16.1 Å². The maximum absolute atomic E-state index is 11.3. The highest BCUT2D eigenvalue weighted by Gasteiger charge is 2.17. The van der Waals surface area contributed by atoms with Crippen LogP contribution in [0.5, 0.6) is 0 Å². The van der Waals surface area contributed by atoms with Crippen LogP contribution in [0.2, 0.25) is 0 Å². The quantitative estimate of drug-likeness (QED) is 0.710. The minimum Gasteiger partial charge on any atom is -0.478 e. The van der Waals surface area contributed by atoms with Gasteiger partial charge in [0.2, 0.25) is 5.95 Å². The number of aromatic carboxylic acids is 1. The number of aromatic nitrogens is 7. The zero-order valence-electron chi connectivity index (χ0n) is 10.2. The van der Waals surface area contributed by atoms with Gasteiger partial charge in [0.1, 0.15) is 17.8 Å². The van der Waals surface area contributed by atoms with Crippen molar-refractivity contribution in [3.63, 3.8) is 0 Å². The molecule has 0 amide bonds. The first kappa shape index (κ1) is 12.0. The molecule has 0 fully saturated rings. The molecule has 0 atom stereocenters. The van der Waals surface area contributed by atoms with Gasteiger partial charge in [-0.1, -0.05) is 0 Å². The Morgan fingerprint density at radius 3 is 2.50 bits per heavy atom. The molecule has 100 valence electrons. The van der Waals surface area contributed by atoms with Crippen molar-refractivity contribution in [3.05, 3.63) is 48.3 Å². The number of hydrogen-bond acceptors (Lipinski definition) is 6. The van der Waals surface area contributed by atoms with Crippen molar-refractivity contribution >= 4 is 5.97 Å². The maximum atomic E-state index is 11.3. The largest absolute Gasteiger partial charge is 0.478 e. The van der Waals surface area contributed by atoms with Crippen LogP contribution in [-0.4, -0.2) is 45.8 Å². The molecule has 0 aliphatic heterocycles. The van der Waals surface area contributed by atoms with E-state index in [-0.39, 0.29) is 12.1 Å². The normalized spacial score (nSPS) is 10.6. The first-order valence-corrected chi connectivity index (χ1v) is 5.67. The summed E-state index contributed by atoms with van der Waals surface area (Å²) in [7, 11) is 0. The van der Waals surface area contributed by atoms with E-state index in [1.165, 1.54) is 28.1 Å². The van der Waals surface area contributed by atoms with E-state index in [0.717, 1.165) is 0 Å². The molecule has 0 aliphatic rings. The molecule has 3 rings (SSSR count). The van der Waals surface area contributed by atoms with Crippen molar-refractivity contribution < 1.29 is 9.90 Å². The summed E-state index contributed by atoms with van der Waals surface area (Å²) in [5, 5.41) is 21.2. The number of carboxylic acids is 1. The molecule has 3 heterocycles. The van der Waals surface area contributed by atoms with Gasteiger partial charge < -0.3 is 5.11 Å². The van der Waals surface area contributed by atoms with Crippen molar-refractivity contribution in [2.45, 2.75) is 6.54 Å². The zero-order valence-corrected chi connectivity index (χ0v) is 10.2. The van der Waals surface area contributed by atoms with E-state index in [4.69, 9.17) is 0 Å². The lowest BCUT2D eigenvalue weighted by Gasteiger charge is -1.98. The summed E-state index contributed by atoms with van der Waals surface area (Å²) in [4.78, 5) is 20.6. The van der Waals surface area contributed by atoms with Crippen LogP contribution in [0.15, 0.2) is 37.1 Å². The van der Waals surface area contributed by atoms with E-state index in [9.17, 15) is 9.90 Å². The van der Waals surface area contributed by atoms with Gasteiger partial charge >= 0.3 is 5.97 Å². The molecule has 0 bridgehead atoms. The number of carbonyl (C=O) groups is 1. The van der Waals surface area contributed by atoms with Crippen LogP contribution in [0.25, 0.3) is 5.95 Å². The van der Waals surface area contributed by atoms with E-state index in [0.29, 0.717) is 11.6 Å². The van der Waals surface area contributed by atoms with Gasteiger partial charge in [0.15, 0.2) is 0 Å². The minimum atomic E-state index is -1.07. The lowest BCUT2D eigenvalue weighted by molar-refractivity contribution is 0.0695. The van der Waals surface area contributed by atoms with Gasteiger partial charge in [0, 0.05) is 18.6 Å². The van der Waals surface area contributed by atoms with Crippen LogP contribution >= 0.6 is 0 Å². The number of carboxylic acid groups (broad SMARTS) is 1. The van der Waals surface area contributed by atoms with Crippen LogP contribution < -0.4 is 0 Å². The third kappa shape index (κ3) is 2.23. The molecule has 0 saturated carbocycles. The third-order valence-corrected chi connectivity index (χ3v) is 2.54. The van der Waals surface area contributed by atoms with E-state index in [1.54, 1.807) is 18.5 Å². The molecule has 20 heavy (non-hydrogen) atoms. The van der Waals surface area contributed by atoms with Crippen LogP contribution in [0.3, 0.4) is 0 Å². The summed E-state index contributed by atoms with van der Waals surface area (Å²) >= 11 is 0. The monoisotopic (exact) mass is 271 g/mol. The molecule has 0 aromatic carbocycles. The third-order valence-electron chi connectivity index (χ3n) is 2.54. The van der Waals surface area contributed by atoms with Crippen LogP contribution in [-0.2, 0) is 6.54 Å². The van der Waals surface area contributed by atoms with Crippen molar-refractivity contribution in [2.75, 3.05) is 0 Å². The second-order valence-corrected chi connectivity index (χ2v) is 3.85. The maximum Gasteiger partial charge on any atom is 0.339 e. The molecule has 0 radical (unpaired) electrons. The lowest BCUT2D eigenvalue weighted by Crippen LogP contribution is -2.08. The van der Waals surface area contributed by atoms with E-state index in [1.807, 2.05) is 0 Å². The average molecular weight is 271 g/mol. The average Bonchev–Trinajstić information content (AvgIpc) is 3.10. The van der Waals surface area contributed by atoms with Gasteiger partial charge in [-0.05, 0) is 6.07 Å². The summed E-state index contributed by atoms with van der Waals surface area (Å²) in [6.45, 7) is 0.161. The molecule has 9 nitrogen and oxygen atoms in total. The van der Waals surface area contributed by atoms with E-state index >= 15 is 0 Å². The topological polar surface area (TPSA) is 112 Å². The number of rotatable bonds is 4. The molecular weight excluding hydrogens is 262 g/mol. The Balaban J connectivity index is 2.01. The molecule has 0 unspecified atom stereocenters. The molecule has 3 aromatic heterocycles. The van der Waals surface area contributed by atoms with Gasteiger partial charge in [0.25, 0.3) is 0 Å². The Morgan fingerprint density at radius 1 is 1.15 bits per heavy atom. The molecule has 0 saturated heterocycles. The highest BCUT2D eigenvalue weighted by Crippen LogP contribution is 2.10. The Labute approximate surface area is 112 Å². The summed E-state index contributed by atoms with van der Waals surface area (Å²) in [5.41, 5.74) is 0.399. The van der Waals surface area contributed by atoms with Gasteiger partial charge in [-0.3, -0.25) is 0 Å². The zero-order chi connectivity index (χ0) is 13.9. The molecule has 9 heteroatoms. The van der Waals surface area contributed by atoms with E-state index in [2.05, 4.69) is 25.3 Å². The number of nitrogens with zero attached hydrogens (tertiary/aromatic N) is 7. The van der Waals surface area contributed by atoms with Gasteiger partial charge in [-0.2, -0.15) is 20.1 Å². The van der Waals surface area contributed by atoms with Crippen LogP contribution in [0, 0.1) is 0 Å². The smallest absolute Gasteiger partial charge is 0.339 e. The first-order valence-electron chi connectivity index (χ1n) is 5.67. The van der Waals surface area contributed by atoms with E-state index < -0.39 is 5.97 Å². The van der Waals surface area contributed by atoms with Crippen LogP contribution in [0.4, 0.5) is 0 Å². The number of hydrogen-bond donors (Lipinski definition) is 1. The molecule has 0 spiro atoms. The predicted octanol–water partition coefficient (Wildman–Crippen LogP) is 0.000300. The second kappa shape index (κ2) is 4.88. The summed E-state index contributed by atoms with van der Waals surface area (Å²) < 4.78 is 1.32. The standard InChI is InChI=1S/C11H9N7O2/c19-10(20)8-6-17(11-12-2-1-3-13-11)16-9(8)7-18-14-4-5-15-18/h1-6H,7H2,(H,19,20). The van der Waals surface area contributed by atoms with Gasteiger partial charge in [0.05, 0.1) is 12.4 Å². The molecule has 1 N–H and O–H groups in total. The summed E-state index contributed by atoms with van der Waals surface area (Å²) in [6, 6.07) is 1.67. The molecule has 3 aromatic rings. The second-order valence-electron chi connectivity index (χ2n) is 3.85. The fraction of sp³-hybridized carbons (Fsp3) is 0.0909. The fourth-order valence-electron chi connectivity index (χ4n) is 1.68. The Kier molecular flexibility index (Phi) is 2.92. The van der Waals surface area contributed by atoms with Crippen molar-refractivity contribution in [1.82, 2.24) is 34.7 Å². The van der Waals surface area contributed by atoms with Crippen molar-refractivity contribution in [1.29, 1.82) is 0 Å². The molecule has 0 aliphatic carbocycles. The summed E-state index contributed by atoms with van der Waals surface area (Å²) in [5.74, 6) is -0.774.